The molecule has 0 aliphatic carbocycles. The minimum Gasteiger partial charge on any atom is -0.343 e. The van der Waals surface area contributed by atoms with Gasteiger partial charge in [-0.3, -0.25) is 14.5 Å². The number of piperidine rings is 1. The van der Waals surface area contributed by atoms with Crippen LogP contribution >= 0.6 is 11.3 Å². The second-order valence-electron chi connectivity index (χ2n) is 8.10. The van der Waals surface area contributed by atoms with Gasteiger partial charge in [0.15, 0.2) is 0 Å². The van der Waals surface area contributed by atoms with Crippen LogP contribution in [0.4, 0.5) is 0 Å². The normalized spacial score (nSPS) is 19.9. The van der Waals surface area contributed by atoms with Crippen molar-refractivity contribution in [3.8, 4) is 0 Å². The largest absolute Gasteiger partial charge is 0.343 e. The summed E-state index contributed by atoms with van der Waals surface area (Å²) in [5, 5.41) is 2.12. The van der Waals surface area contributed by atoms with Crippen molar-refractivity contribution < 1.29 is 9.59 Å². The van der Waals surface area contributed by atoms with Crippen LogP contribution < -0.4 is 0 Å². The lowest BCUT2D eigenvalue weighted by atomic mass is 9.71. The molecule has 6 heteroatoms. The first kappa shape index (κ1) is 20.1. The molecule has 2 fully saturated rings. The predicted octanol–water partition coefficient (Wildman–Crippen LogP) is 2.97. The van der Waals surface area contributed by atoms with Crippen molar-refractivity contribution in [2.24, 2.45) is 0 Å². The van der Waals surface area contributed by atoms with Gasteiger partial charge >= 0.3 is 0 Å². The van der Waals surface area contributed by atoms with Crippen LogP contribution in [0.5, 0.6) is 0 Å². The van der Waals surface area contributed by atoms with E-state index in [1.54, 1.807) is 18.3 Å². The van der Waals surface area contributed by atoms with E-state index in [4.69, 9.17) is 0 Å². The topological polar surface area (TPSA) is 43.9 Å². The standard InChI is InChI=1S/C23H29N3O2S/c1-19(27)25-11-9-23(10-12-25,20-6-3-2-4-7-20)22(28)26-15-13-24(14-16-26)18-21-8-5-17-29-21/h2-8,17H,9-16,18H2,1H3. The van der Waals surface area contributed by atoms with Gasteiger partial charge in [-0.15, -0.1) is 11.3 Å². The maximum absolute atomic E-state index is 13.8. The Bertz CT molecular complexity index is 821. The fourth-order valence-electron chi connectivity index (χ4n) is 4.62. The second-order valence-corrected chi connectivity index (χ2v) is 9.13. The number of thiophene rings is 1. The Balaban J connectivity index is 1.47. The summed E-state index contributed by atoms with van der Waals surface area (Å²) >= 11 is 1.79. The van der Waals surface area contributed by atoms with Gasteiger partial charge in [0.25, 0.3) is 0 Å². The molecule has 0 radical (unpaired) electrons. The van der Waals surface area contributed by atoms with Gasteiger partial charge < -0.3 is 9.80 Å². The molecular weight excluding hydrogens is 382 g/mol. The van der Waals surface area contributed by atoms with Crippen LogP contribution in [-0.2, 0) is 21.5 Å². The number of carbonyl (C=O) groups is 2. The number of hydrogen-bond acceptors (Lipinski definition) is 4. The summed E-state index contributed by atoms with van der Waals surface area (Å²) in [5.74, 6) is 0.337. The van der Waals surface area contributed by atoms with E-state index in [0.29, 0.717) is 25.9 Å². The Morgan fingerprint density at radius 3 is 2.17 bits per heavy atom. The summed E-state index contributed by atoms with van der Waals surface area (Å²) in [5.41, 5.74) is 0.581. The molecule has 1 aromatic heterocycles. The van der Waals surface area contributed by atoms with E-state index in [1.807, 2.05) is 23.1 Å². The number of rotatable bonds is 4. The molecule has 0 saturated carbocycles. The Kier molecular flexibility index (Phi) is 6.01. The lowest BCUT2D eigenvalue weighted by molar-refractivity contribution is -0.144. The fraction of sp³-hybridized carbons (Fsp3) is 0.478. The number of carbonyl (C=O) groups excluding carboxylic acids is 2. The van der Waals surface area contributed by atoms with Crippen LogP contribution in [0.2, 0.25) is 0 Å². The van der Waals surface area contributed by atoms with E-state index in [0.717, 1.165) is 38.3 Å². The summed E-state index contributed by atoms with van der Waals surface area (Å²) in [7, 11) is 0. The molecule has 4 rings (SSSR count). The minimum atomic E-state index is -0.511. The summed E-state index contributed by atoms with van der Waals surface area (Å²) in [6.07, 6.45) is 1.40. The van der Waals surface area contributed by atoms with Crippen LogP contribution in [0, 0.1) is 0 Å². The molecule has 2 aliphatic heterocycles. The molecule has 2 aliphatic rings. The van der Waals surface area contributed by atoms with Gasteiger partial charge in [-0.1, -0.05) is 36.4 Å². The maximum Gasteiger partial charge on any atom is 0.233 e. The number of amides is 2. The molecule has 2 amide bonds. The van der Waals surface area contributed by atoms with Gasteiger partial charge in [-0.2, -0.15) is 0 Å². The van der Waals surface area contributed by atoms with Crippen molar-refractivity contribution in [3.05, 3.63) is 58.3 Å². The average Bonchev–Trinajstić information content (AvgIpc) is 3.27. The number of likely N-dealkylation sites (tertiary alicyclic amines) is 1. The van der Waals surface area contributed by atoms with Crippen molar-refractivity contribution in [2.45, 2.75) is 31.7 Å². The highest BCUT2D eigenvalue weighted by molar-refractivity contribution is 7.09. The zero-order chi connectivity index (χ0) is 20.3. The Morgan fingerprint density at radius 1 is 0.897 bits per heavy atom. The third-order valence-corrected chi connectivity index (χ3v) is 7.28. The molecule has 0 atom stereocenters. The van der Waals surface area contributed by atoms with Crippen molar-refractivity contribution in [1.82, 2.24) is 14.7 Å². The van der Waals surface area contributed by atoms with E-state index in [2.05, 4.69) is 39.4 Å². The zero-order valence-corrected chi connectivity index (χ0v) is 17.9. The first-order valence-electron chi connectivity index (χ1n) is 10.4. The molecule has 29 heavy (non-hydrogen) atoms. The summed E-state index contributed by atoms with van der Waals surface area (Å²) in [4.78, 5) is 33.3. The number of nitrogens with zero attached hydrogens (tertiary/aromatic N) is 3. The first-order valence-corrected chi connectivity index (χ1v) is 11.3. The van der Waals surface area contributed by atoms with E-state index >= 15 is 0 Å². The maximum atomic E-state index is 13.8. The summed E-state index contributed by atoms with van der Waals surface area (Å²) in [6, 6.07) is 14.5. The van der Waals surface area contributed by atoms with Crippen LogP contribution in [0.1, 0.15) is 30.2 Å². The SMILES string of the molecule is CC(=O)N1CCC(C(=O)N2CCN(Cc3cccs3)CC2)(c2ccccc2)CC1. The average molecular weight is 412 g/mol. The molecule has 154 valence electrons. The zero-order valence-electron chi connectivity index (χ0n) is 17.0. The number of hydrogen-bond donors (Lipinski definition) is 0. The highest BCUT2D eigenvalue weighted by Gasteiger charge is 2.45. The molecular formula is C23H29N3O2S. The summed E-state index contributed by atoms with van der Waals surface area (Å²) in [6.45, 7) is 7.25. The molecule has 5 nitrogen and oxygen atoms in total. The van der Waals surface area contributed by atoms with Crippen molar-refractivity contribution in [2.75, 3.05) is 39.3 Å². The third kappa shape index (κ3) is 4.23. The van der Waals surface area contributed by atoms with Gasteiger partial charge in [0.1, 0.15) is 0 Å². The molecule has 0 unspecified atom stereocenters. The smallest absolute Gasteiger partial charge is 0.233 e. The number of benzene rings is 1. The molecule has 0 N–H and O–H groups in total. The number of piperazine rings is 1. The molecule has 0 spiro atoms. The van der Waals surface area contributed by atoms with Crippen LogP contribution in [-0.4, -0.2) is 65.8 Å². The Labute approximate surface area is 176 Å². The highest BCUT2D eigenvalue weighted by Crippen LogP contribution is 2.38. The quantitative estimate of drug-likeness (QED) is 0.777. The monoisotopic (exact) mass is 411 g/mol. The van der Waals surface area contributed by atoms with E-state index in [-0.39, 0.29) is 11.8 Å². The molecule has 2 aromatic rings. The van der Waals surface area contributed by atoms with Crippen molar-refractivity contribution >= 4 is 23.2 Å². The molecule has 0 bridgehead atoms. The van der Waals surface area contributed by atoms with Gasteiger partial charge in [0.2, 0.25) is 11.8 Å². The first-order chi connectivity index (χ1) is 14.1. The Hall–Kier alpha value is -2.18. The lowest BCUT2D eigenvalue weighted by Gasteiger charge is -2.45. The molecule has 3 heterocycles. The predicted molar refractivity (Wildman–Crippen MR) is 116 cm³/mol. The van der Waals surface area contributed by atoms with Crippen LogP contribution in [0.3, 0.4) is 0 Å². The van der Waals surface area contributed by atoms with Crippen LogP contribution in [0.25, 0.3) is 0 Å². The van der Waals surface area contributed by atoms with Gasteiger partial charge in [-0.05, 0) is 29.9 Å². The highest BCUT2D eigenvalue weighted by atomic mass is 32.1. The van der Waals surface area contributed by atoms with Crippen molar-refractivity contribution in [1.29, 1.82) is 0 Å². The van der Waals surface area contributed by atoms with E-state index in [9.17, 15) is 9.59 Å². The molecule has 1 aromatic carbocycles. The summed E-state index contributed by atoms with van der Waals surface area (Å²) < 4.78 is 0. The Morgan fingerprint density at radius 2 is 1.59 bits per heavy atom. The van der Waals surface area contributed by atoms with Gasteiger partial charge in [0, 0.05) is 57.6 Å². The van der Waals surface area contributed by atoms with E-state index in [1.165, 1.54) is 4.88 Å². The third-order valence-electron chi connectivity index (χ3n) is 6.42. The van der Waals surface area contributed by atoms with Gasteiger partial charge in [0.05, 0.1) is 5.41 Å². The minimum absolute atomic E-state index is 0.0984. The second kappa shape index (κ2) is 8.67. The van der Waals surface area contributed by atoms with E-state index < -0.39 is 5.41 Å². The molecule has 2 saturated heterocycles. The van der Waals surface area contributed by atoms with Gasteiger partial charge in [-0.25, -0.2) is 0 Å². The van der Waals surface area contributed by atoms with Crippen LogP contribution in [0.15, 0.2) is 47.8 Å². The lowest BCUT2D eigenvalue weighted by Crippen LogP contribution is -2.57. The van der Waals surface area contributed by atoms with Crippen molar-refractivity contribution in [3.63, 3.8) is 0 Å². The fourth-order valence-corrected chi connectivity index (χ4v) is 5.37.